The van der Waals surface area contributed by atoms with E-state index in [0.717, 1.165) is 28.3 Å². The van der Waals surface area contributed by atoms with Gasteiger partial charge in [0.25, 0.3) is 0 Å². The van der Waals surface area contributed by atoms with Crippen LogP contribution in [0.15, 0.2) is 48.5 Å². The molecule has 0 spiro atoms. The molecule has 0 aliphatic heterocycles. The monoisotopic (exact) mass is 375 g/mol. The minimum absolute atomic E-state index is 0.447. The topological polar surface area (TPSA) is 30.5 Å². The lowest BCUT2D eigenvalue weighted by Gasteiger charge is -2.16. The summed E-state index contributed by atoms with van der Waals surface area (Å²) in [5.41, 5.74) is 9.59. The van der Waals surface area contributed by atoms with E-state index < -0.39 is 0 Å². The Kier molecular flexibility index (Phi) is 5.93. The lowest BCUT2D eigenvalue weighted by atomic mass is 9.94. The molecule has 3 aromatic carbocycles. The molecule has 3 rings (SSSR count). The summed E-state index contributed by atoms with van der Waals surface area (Å²) in [6, 6.07) is 16.9. The van der Waals surface area contributed by atoms with Gasteiger partial charge in [0.1, 0.15) is 18.1 Å². The average molecular weight is 376 g/mol. The van der Waals surface area contributed by atoms with Gasteiger partial charge in [-0.05, 0) is 85.3 Å². The molecule has 0 aliphatic rings. The van der Waals surface area contributed by atoms with Gasteiger partial charge in [0.2, 0.25) is 0 Å². The number of aryl methyl sites for hydroxylation is 4. The highest BCUT2D eigenvalue weighted by molar-refractivity contribution is 5.70. The second-order valence-corrected chi connectivity index (χ2v) is 7.26. The second-order valence-electron chi connectivity index (χ2n) is 7.26. The number of anilines is 1. The molecule has 0 amide bonds. The Labute approximate surface area is 168 Å². The molecule has 0 unspecified atom stereocenters. The van der Waals surface area contributed by atoms with Crippen LogP contribution in [0.5, 0.6) is 11.5 Å². The first-order chi connectivity index (χ1) is 13.4. The summed E-state index contributed by atoms with van der Waals surface area (Å²) in [4.78, 5) is 0. The number of rotatable bonds is 6. The minimum Gasteiger partial charge on any atom is -0.496 e. The molecule has 0 fully saturated rings. The zero-order valence-electron chi connectivity index (χ0n) is 17.6. The molecule has 146 valence electrons. The van der Waals surface area contributed by atoms with E-state index in [1.165, 1.54) is 27.8 Å². The van der Waals surface area contributed by atoms with E-state index in [4.69, 9.17) is 9.47 Å². The van der Waals surface area contributed by atoms with E-state index in [1.807, 2.05) is 25.2 Å². The van der Waals surface area contributed by atoms with Gasteiger partial charge in [0.05, 0.1) is 12.7 Å². The highest BCUT2D eigenvalue weighted by Gasteiger charge is 2.11. The van der Waals surface area contributed by atoms with Crippen LogP contribution in [0.4, 0.5) is 5.69 Å². The summed E-state index contributed by atoms with van der Waals surface area (Å²) in [7, 11) is 3.59. The third-order valence-electron chi connectivity index (χ3n) is 5.32. The van der Waals surface area contributed by atoms with E-state index in [0.29, 0.717) is 6.61 Å². The largest absolute Gasteiger partial charge is 0.496 e. The second kappa shape index (κ2) is 8.39. The van der Waals surface area contributed by atoms with Crippen LogP contribution >= 0.6 is 0 Å². The molecule has 28 heavy (non-hydrogen) atoms. The van der Waals surface area contributed by atoms with E-state index in [-0.39, 0.29) is 0 Å². The van der Waals surface area contributed by atoms with Crippen molar-refractivity contribution in [2.24, 2.45) is 0 Å². The maximum atomic E-state index is 6.15. The molecule has 0 radical (unpaired) electrons. The van der Waals surface area contributed by atoms with Gasteiger partial charge in [-0.2, -0.15) is 0 Å². The molecule has 0 saturated carbocycles. The van der Waals surface area contributed by atoms with Crippen LogP contribution in [0.25, 0.3) is 11.1 Å². The van der Waals surface area contributed by atoms with E-state index in [1.54, 1.807) is 7.11 Å². The molecular formula is C25H29NO2. The molecule has 0 atom stereocenters. The lowest BCUT2D eigenvalue weighted by Crippen LogP contribution is -2.04. The van der Waals surface area contributed by atoms with Crippen LogP contribution in [0.2, 0.25) is 0 Å². The Morgan fingerprint density at radius 1 is 0.786 bits per heavy atom. The van der Waals surface area contributed by atoms with Crippen LogP contribution < -0.4 is 14.8 Å². The molecule has 0 aliphatic carbocycles. The number of methoxy groups -OCH3 is 1. The number of ether oxygens (including phenoxy) is 2. The van der Waals surface area contributed by atoms with Gasteiger partial charge in [-0.1, -0.05) is 24.3 Å². The molecule has 0 heterocycles. The average Bonchev–Trinajstić information content (AvgIpc) is 2.69. The normalized spacial score (nSPS) is 10.6. The van der Waals surface area contributed by atoms with Crippen LogP contribution in [0, 0.1) is 27.7 Å². The molecule has 1 N–H and O–H groups in total. The summed E-state index contributed by atoms with van der Waals surface area (Å²) in [6.45, 7) is 9.03. The van der Waals surface area contributed by atoms with Crippen molar-refractivity contribution in [1.29, 1.82) is 0 Å². The maximum Gasteiger partial charge on any atom is 0.127 e. The summed E-state index contributed by atoms with van der Waals surface area (Å²) in [5, 5.41) is 3.21. The number of nitrogens with one attached hydrogen (secondary N) is 1. The first kappa shape index (κ1) is 19.8. The fraction of sp³-hybridized carbons (Fsp3) is 0.280. The summed E-state index contributed by atoms with van der Waals surface area (Å²) < 4.78 is 11.6. The molecule has 3 nitrogen and oxygen atoms in total. The van der Waals surface area contributed by atoms with Crippen molar-refractivity contribution < 1.29 is 9.47 Å². The lowest BCUT2D eigenvalue weighted by molar-refractivity contribution is 0.295. The van der Waals surface area contributed by atoms with Crippen molar-refractivity contribution in [1.82, 2.24) is 0 Å². The van der Waals surface area contributed by atoms with Gasteiger partial charge in [0.15, 0.2) is 0 Å². The Hall–Kier alpha value is -2.94. The number of hydrogen-bond acceptors (Lipinski definition) is 3. The van der Waals surface area contributed by atoms with Crippen molar-refractivity contribution in [3.05, 3.63) is 76.3 Å². The van der Waals surface area contributed by atoms with Crippen molar-refractivity contribution >= 4 is 5.69 Å². The molecule has 0 bridgehead atoms. The first-order valence-electron chi connectivity index (χ1n) is 9.60. The van der Waals surface area contributed by atoms with Gasteiger partial charge in [-0.3, -0.25) is 0 Å². The quantitative estimate of drug-likeness (QED) is 0.555. The van der Waals surface area contributed by atoms with Crippen molar-refractivity contribution in [3.8, 4) is 22.6 Å². The molecule has 3 aromatic rings. The van der Waals surface area contributed by atoms with E-state index in [9.17, 15) is 0 Å². The van der Waals surface area contributed by atoms with Gasteiger partial charge < -0.3 is 14.8 Å². The third-order valence-corrected chi connectivity index (χ3v) is 5.32. The highest BCUT2D eigenvalue weighted by atomic mass is 16.5. The standard InChI is InChI=1S/C25H29NO2/c1-16-12-18(3)21(14-17(16)2)20-10-11-24(19(4)13-20)28-15-22-23(26-5)8-7-9-25(22)27-6/h7-14,26H,15H2,1-6H3. The maximum absolute atomic E-state index is 6.15. The zero-order chi connectivity index (χ0) is 20.3. The SMILES string of the molecule is CNc1cccc(OC)c1COc1ccc(-c2cc(C)c(C)cc2C)cc1C. The number of hydrogen-bond donors (Lipinski definition) is 1. The fourth-order valence-corrected chi connectivity index (χ4v) is 3.54. The Morgan fingerprint density at radius 3 is 2.21 bits per heavy atom. The van der Waals surface area contributed by atoms with Crippen LogP contribution in [0.3, 0.4) is 0 Å². The Morgan fingerprint density at radius 2 is 1.54 bits per heavy atom. The molecule has 3 heteroatoms. The summed E-state index contributed by atoms with van der Waals surface area (Å²) >= 11 is 0. The minimum atomic E-state index is 0.447. The van der Waals surface area contributed by atoms with Crippen LogP contribution in [0.1, 0.15) is 27.8 Å². The molecule has 0 saturated heterocycles. The first-order valence-corrected chi connectivity index (χ1v) is 9.60. The summed E-state index contributed by atoms with van der Waals surface area (Å²) in [5.74, 6) is 1.71. The van der Waals surface area contributed by atoms with Gasteiger partial charge in [-0.25, -0.2) is 0 Å². The van der Waals surface area contributed by atoms with Gasteiger partial charge in [-0.15, -0.1) is 0 Å². The number of benzene rings is 3. The van der Waals surface area contributed by atoms with Crippen molar-refractivity contribution in [2.45, 2.75) is 34.3 Å². The van der Waals surface area contributed by atoms with Gasteiger partial charge in [0, 0.05) is 12.7 Å². The predicted octanol–water partition coefficient (Wildman–Crippen LogP) is 6.22. The van der Waals surface area contributed by atoms with Crippen molar-refractivity contribution in [2.75, 3.05) is 19.5 Å². The van der Waals surface area contributed by atoms with Crippen molar-refractivity contribution in [3.63, 3.8) is 0 Å². The van der Waals surface area contributed by atoms with E-state index in [2.05, 4.69) is 63.3 Å². The molecule has 0 aromatic heterocycles. The Bertz CT molecular complexity index is 970. The van der Waals surface area contributed by atoms with Gasteiger partial charge >= 0.3 is 0 Å². The highest BCUT2D eigenvalue weighted by Crippen LogP contribution is 2.32. The molecular weight excluding hydrogens is 346 g/mol. The third kappa shape index (κ3) is 3.99. The van der Waals surface area contributed by atoms with Crippen LogP contribution in [-0.4, -0.2) is 14.2 Å². The van der Waals surface area contributed by atoms with Crippen LogP contribution in [-0.2, 0) is 6.61 Å². The van der Waals surface area contributed by atoms with E-state index >= 15 is 0 Å². The summed E-state index contributed by atoms with van der Waals surface area (Å²) in [6.07, 6.45) is 0. The zero-order valence-corrected chi connectivity index (χ0v) is 17.6. The predicted molar refractivity (Wildman–Crippen MR) is 118 cm³/mol. The fourth-order valence-electron chi connectivity index (χ4n) is 3.54. The smallest absolute Gasteiger partial charge is 0.127 e. The Balaban J connectivity index is 1.86.